The Bertz CT molecular complexity index is 516. The number of nitrogens with zero attached hydrogens (tertiary/aromatic N) is 1. The van der Waals surface area contributed by atoms with E-state index < -0.39 is 5.97 Å². The Morgan fingerprint density at radius 1 is 1.43 bits per heavy atom. The van der Waals surface area contributed by atoms with Gasteiger partial charge in [-0.2, -0.15) is 0 Å². The molecule has 1 fully saturated rings. The molecule has 0 saturated heterocycles. The van der Waals surface area contributed by atoms with Crippen molar-refractivity contribution in [3.8, 4) is 0 Å². The Morgan fingerprint density at radius 3 is 2.71 bits per heavy atom. The van der Waals surface area contributed by atoms with Crippen LogP contribution in [-0.2, 0) is 9.53 Å². The third kappa shape index (κ3) is 4.00. The molecule has 1 heterocycles. The van der Waals surface area contributed by atoms with E-state index in [1.807, 2.05) is 13.8 Å². The van der Waals surface area contributed by atoms with Crippen LogP contribution in [0.2, 0.25) is 0 Å². The van der Waals surface area contributed by atoms with Crippen LogP contribution in [0.1, 0.15) is 56.1 Å². The van der Waals surface area contributed by atoms with E-state index in [1.165, 1.54) is 0 Å². The number of ether oxygens (including phenoxy) is 1. The molecule has 1 aromatic heterocycles. The van der Waals surface area contributed by atoms with Gasteiger partial charge in [0, 0.05) is 18.3 Å². The highest BCUT2D eigenvalue weighted by molar-refractivity contribution is 5.91. The van der Waals surface area contributed by atoms with Crippen LogP contribution in [0.4, 0.5) is 5.69 Å². The second-order valence-corrected chi connectivity index (χ2v) is 5.78. The predicted octanol–water partition coefficient (Wildman–Crippen LogP) is 1.87. The summed E-state index contributed by atoms with van der Waals surface area (Å²) in [4.78, 5) is 23.8. The molecule has 0 spiro atoms. The zero-order valence-electron chi connectivity index (χ0n) is 12.6. The van der Waals surface area contributed by atoms with Gasteiger partial charge in [0.1, 0.15) is 5.69 Å². The molecule has 0 aromatic carbocycles. The fraction of sp³-hybridized carbons (Fsp3) is 0.600. The molecule has 1 aliphatic rings. The summed E-state index contributed by atoms with van der Waals surface area (Å²) in [5.74, 6) is -0.771. The number of anilines is 1. The molecule has 1 saturated carbocycles. The van der Waals surface area contributed by atoms with E-state index in [2.05, 4.69) is 5.32 Å². The van der Waals surface area contributed by atoms with Crippen LogP contribution >= 0.6 is 0 Å². The molecule has 2 rings (SSSR count). The van der Waals surface area contributed by atoms with Gasteiger partial charge in [-0.25, -0.2) is 4.79 Å². The summed E-state index contributed by atoms with van der Waals surface area (Å²) >= 11 is 0. The van der Waals surface area contributed by atoms with E-state index in [4.69, 9.17) is 10.5 Å². The summed E-state index contributed by atoms with van der Waals surface area (Å²) in [6.45, 7) is 3.64. The Morgan fingerprint density at radius 2 is 2.10 bits per heavy atom. The second-order valence-electron chi connectivity index (χ2n) is 5.78. The standard InChI is InChI=1S/C15H23N3O3/c1-10(2)18-8-11(16)7-13(18)15(20)21-9-14(19)17-12-5-3-4-6-12/h7-8,10,12H,3-6,9,16H2,1-2H3,(H,17,19). The molecule has 0 atom stereocenters. The summed E-state index contributed by atoms with van der Waals surface area (Å²) in [6, 6.07) is 1.89. The minimum atomic E-state index is -0.526. The predicted molar refractivity (Wildman–Crippen MR) is 79.9 cm³/mol. The number of rotatable bonds is 5. The summed E-state index contributed by atoms with van der Waals surface area (Å²) in [5, 5.41) is 2.88. The zero-order valence-corrected chi connectivity index (χ0v) is 12.6. The highest BCUT2D eigenvalue weighted by Crippen LogP contribution is 2.18. The smallest absolute Gasteiger partial charge is 0.355 e. The van der Waals surface area contributed by atoms with Crippen LogP contribution in [0.3, 0.4) is 0 Å². The lowest BCUT2D eigenvalue weighted by atomic mass is 10.2. The first-order chi connectivity index (χ1) is 9.97. The quantitative estimate of drug-likeness (QED) is 0.811. The van der Waals surface area contributed by atoms with Gasteiger partial charge in [-0.1, -0.05) is 12.8 Å². The Balaban J connectivity index is 1.88. The maximum atomic E-state index is 12.0. The van der Waals surface area contributed by atoms with Gasteiger partial charge in [-0.05, 0) is 32.8 Å². The molecular formula is C15H23N3O3. The first-order valence-corrected chi connectivity index (χ1v) is 7.41. The van der Waals surface area contributed by atoms with Gasteiger partial charge in [-0.15, -0.1) is 0 Å². The van der Waals surface area contributed by atoms with Gasteiger partial charge >= 0.3 is 5.97 Å². The van der Waals surface area contributed by atoms with Crippen molar-refractivity contribution in [1.29, 1.82) is 0 Å². The van der Waals surface area contributed by atoms with Crippen molar-refractivity contribution in [3.05, 3.63) is 18.0 Å². The second kappa shape index (κ2) is 6.65. The lowest BCUT2D eigenvalue weighted by molar-refractivity contribution is -0.124. The fourth-order valence-electron chi connectivity index (χ4n) is 2.64. The molecule has 0 radical (unpaired) electrons. The van der Waals surface area contributed by atoms with Gasteiger partial charge < -0.3 is 20.4 Å². The van der Waals surface area contributed by atoms with Crippen molar-refractivity contribution in [1.82, 2.24) is 9.88 Å². The molecule has 1 aliphatic carbocycles. The van der Waals surface area contributed by atoms with Crippen molar-refractivity contribution < 1.29 is 14.3 Å². The van der Waals surface area contributed by atoms with Crippen LogP contribution in [-0.4, -0.2) is 29.1 Å². The molecule has 21 heavy (non-hydrogen) atoms. The number of nitrogens with one attached hydrogen (secondary N) is 1. The van der Waals surface area contributed by atoms with Crippen molar-refractivity contribution in [3.63, 3.8) is 0 Å². The average Bonchev–Trinajstić information content (AvgIpc) is 3.05. The van der Waals surface area contributed by atoms with Gasteiger partial charge in [0.2, 0.25) is 0 Å². The Hall–Kier alpha value is -1.98. The van der Waals surface area contributed by atoms with Gasteiger partial charge in [0.15, 0.2) is 6.61 Å². The molecule has 3 N–H and O–H groups in total. The summed E-state index contributed by atoms with van der Waals surface area (Å²) < 4.78 is 6.82. The van der Waals surface area contributed by atoms with E-state index >= 15 is 0 Å². The number of aromatic nitrogens is 1. The van der Waals surface area contributed by atoms with Gasteiger partial charge in [0.25, 0.3) is 5.91 Å². The summed E-state index contributed by atoms with van der Waals surface area (Å²) in [6.07, 6.45) is 6.00. The highest BCUT2D eigenvalue weighted by atomic mass is 16.5. The number of carbonyl (C=O) groups is 2. The van der Waals surface area contributed by atoms with Crippen LogP contribution < -0.4 is 11.1 Å². The van der Waals surface area contributed by atoms with Crippen molar-refractivity contribution >= 4 is 17.6 Å². The topological polar surface area (TPSA) is 86.3 Å². The first-order valence-electron chi connectivity index (χ1n) is 7.41. The van der Waals surface area contributed by atoms with Gasteiger partial charge in [0.05, 0.1) is 5.69 Å². The molecule has 0 bridgehead atoms. The zero-order chi connectivity index (χ0) is 15.4. The number of nitrogens with two attached hydrogens (primary N) is 1. The van der Waals surface area contributed by atoms with Crippen molar-refractivity contribution in [2.24, 2.45) is 0 Å². The van der Waals surface area contributed by atoms with E-state index in [-0.39, 0.29) is 24.6 Å². The molecule has 1 aromatic rings. The number of carbonyl (C=O) groups excluding carboxylic acids is 2. The average molecular weight is 293 g/mol. The Kier molecular flexibility index (Phi) is 4.88. The molecule has 6 nitrogen and oxygen atoms in total. The minimum Gasteiger partial charge on any atom is -0.451 e. The van der Waals surface area contributed by atoms with E-state index in [1.54, 1.807) is 16.8 Å². The summed E-state index contributed by atoms with van der Waals surface area (Å²) in [7, 11) is 0. The third-order valence-corrected chi connectivity index (χ3v) is 3.69. The molecular weight excluding hydrogens is 270 g/mol. The molecule has 0 aliphatic heterocycles. The highest BCUT2D eigenvalue weighted by Gasteiger charge is 2.20. The van der Waals surface area contributed by atoms with E-state index in [0.29, 0.717) is 11.4 Å². The van der Waals surface area contributed by atoms with Crippen molar-refractivity contribution in [2.75, 3.05) is 12.3 Å². The maximum Gasteiger partial charge on any atom is 0.355 e. The van der Waals surface area contributed by atoms with E-state index in [0.717, 1.165) is 25.7 Å². The lowest BCUT2D eigenvalue weighted by Crippen LogP contribution is -2.36. The molecule has 1 amide bonds. The minimum absolute atomic E-state index is 0.0946. The van der Waals surface area contributed by atoms with Crippen LogP contribution in [0.5, 0.6) is 0 Å². The molecule has 6 heteroatoms. The number of nitrogen functional groups attached to an aromatic ring is 1. The normalized spacial score (nSPS) is 15.4. The number of amides is 1. The van der Waals surface area contributed by atoms with Crippen LogP contribution in [0, 0.1) is 0 Å². The van der Waals surface area contributed by atoms with Gasteiger partial charge in [-0.3, -0.25) is 4.79 Å². The number of hydrogen-bond acceptors (Lipinski definition) is 4. The largest absolute Gasteiger partial charge is 0.451 e. The van der Waals surface area contributed by atoms with Crippen LogP contribution in [0.15, 0.2) is 12.3 Å². The first kappa shape index (κ1) is 15.4. The fourth-order valence-corrected chi connectivity index (χ4v) is 2.64. The molecule has 116 valence electrons. The lowest BCUT2D eigenvalue weighted by Gasteiger charge is -2.13. The number of esters is 1. The SMILES string of the molecule is CC(C)n1cc(N)cc1C(=O)OCC(=O)NC1CCCC1. The monoisotopic (exact) mass is 293 g/mol. The van der Waals surface area contributed by atoms with Crippen LogP contribution in [0.25, 0.3) is 0 Å². The van der Waals surface area contributed by atoms with E-state index in [9.17, 15) is 9.59 Å². The number of hydrogen-bond donors (Lipinski definition) is 2. The maximum absolute atomic E-state index is 12.0. The Labute approximate surface area is 124 Å². The third-order valence-electron chi connectivity index (χ3n) is 3.69. The van der Waals surface area contributed by atoms with Crippen molar-refractivity contribution in [2.45, 2.75) is 51.6 Å². The molecule has 0 unspecified atom stereocenters. The summed E-state index contributed by atoms with van der Waals surface area (Å²) in [5.41, 5.74) is 6.59.